The number of aromatic hydroxyl groups is 1. The standard InChI is InChI=1S/C6H6N2O6S.K/c7-3-1-2-4(15(12,13)14)6(9)5(3)8(10)11;/h1-2,9H,7H2,(H,12,13,14);/q;+1/p-1. The Labute approximate surface area is 133 Å². The van der Waals surface area contributed by atoms with Gasteiger partial charge in [-0.2, -0.15) is 0 Å². The van der Waals surface area contributed by atoms with Crippen LogP contribution in [-0.4, -0.2) is 23.0 Å². The van der Waals surface area contributed by atoms with Gasteiger partial charge in [0.1, 0.15) is 20.7 Å². The van der Waals surface area contributed by atoms with Crippen molar-refractivity contribution in [3.63, 3.8) is 0 Å². The Kier molecular flexibility index (Phi) is 5.32. The largest absolute Gasteiger partial charge is 1.00 e. The summed E-state index contributed by atoms with van der Waals surface area (Å²) in [6.45, 7) is 0. The Bertz CT molecular complexity index is 528. The van der Waals surface area contributed by atoms with Crippen molar-refractivity contribution in [1.82, 2.24) is 0 Å². The molecular formula is C6H5KN2O6S. The van der Waals surface area contributed by atoms with Crippen LogP contribution in [0.5, 0.6) is 5.75 Å². The summed E-state index contributed by atoms with van der Waals surface area (Å²) < 4.78 is 31.7. The first-order valence-corrected chi connectivity index (χ1v) is 4.87. The Morgan fingerprint density at radius 3 is 2.25 bits per heavy atom. The van der Waals surface area contributed by atoms with Crippen molar-refractivity contribution in [1.29, 1.82) is 0 Å². The van der Waals surface area contributed by atoms with E-state index in [-0.39, 0.29) is 51.4 Å². The number of nitro benzene ring substituents is 1. The van der Waals surface area contributed by atoms with E-state index in [1.165, 1.54) is 0 Å². The second-order valence-electron chi connectivity index (χ2n) is 2.56. The fourth-order valence-electron chi connectivity index (χ4n) is 0.970. The molecule has 1 rings (SSSR count). The van der Waals surface area contributed by atoms with Gasteiger partial charge in [0.25, 0.3) is 0 Å². The molecule has 0 aliphatic carbocycles. The quantitative estimate of drug-likeness (QED) is 0.189. The molecule has 1 aromatic carbocycles. The summed E-state index contributed by atoms with van der Waals surface area (Å²) in [5.74, 6) is -1.24. The van der Waals surface area contributed by atoms with Crippen LogP contribution in [0.25, 0.3) is 0 Å². The second-order valence-corrected chi connectivity index (χ2v) is 3.91. The Hall–Kier alpha value is -0.234. The van der Waals surface area contributed by atoms with Gasteiger partial charge in [-0.05, 0) is 12.1 Å². The van der Waals surface area contributed by atoms with Crippen LogP contribution in [0.1, 0.15) is 0 Å². The zero-order valence-electron chi connectivity index (χ0n) is 8.08. The van der Waals surface area contributed by atoms with Crippen LogP contribution in [0.2, 0.25) is 0 Å². The first-order valence-electron chi connectivity index (χ1n) is 3.47. The molecule has 0 aliphatic rings. The van der Waals surface area contributed by atoms with Gasteiger partial charge in [-0.25, -0.2) is 8.42 Å². The number of nitro groups is 1. The first kappa shape index (κ1) is 15.8. The SMILES string of the molecule is Nc1ccc(S(=O)(=O)[O-])c(O)c1[N+](=O)[O-].[K+]. The number of phenolic OH excluding ortho intramolecular Hbond substituents is 1. The zero-order chi connectivity index (χ0) is 11.8. The summed E-state index contributed by atoms with van der Waals surface area (Å²) in [5, 5.41) is 19.6. The third kappa shape index (κ3) is 3.13. The van der Waals surface area contributed by atoms with Crippen LogP contribution < -0.4 is 57.1 Å². The van der Waals surface area contributed by atoms with Crippen molar-refractivity contribution < 1.29 is 74.4 Å². The number of rotatable bonds is 2. The van der Waals surface area contributed by atoms with E-state index in [0.717, 1.165) is 6.07 Å². The van der Waals surface area contributed by atoms with Gasteiger partial charge < -0.3 is 15.4 Å². The van der Waals surface area contributed by atoms with Crippen LogP contribution >= 0.6 is 0 Å². The molecule has 0 spiro atoms. The molecule has 0 atom stereocenters. The van der Waals surface area contributed by atoms with Crippen LogP contribution in [0.3, 0.4) is 0 Å². The monoisotopic (exact) mass is 272 g/mol. The molecular weight excluding hydrogens is 267 g/mol. The van der Waals surface area contributed by atoms with Crippen molar-refractivity contribution in [2.75, 3.05) is 5.73 Å². The minimum absolute atomic E-state index is 0. The average Bonchev–Trinajstić information content (AvgIpc) is 2.00. The molecule has 0 unspecified atom stereocenters. The van der Waals surface area contributed by atoms with Gasteiger partial charge in [0.05, 0.1) is 4.92 Å². The van der Waals surface area contributed by atoms with Crippen LogP contribution in [0, 0.1) is 10.1 Å². The predicted molar refractivity (Wildman–Crippen MR) is 47.1 cm³/mol. The molecule has 0 heterocycles. The molecule has 0 aliphatic heterocycles. The fraction of sp³-hybridized carbons (Fsp3) is 0. The molecule has 1 aromatic rings. The molecule has 3 N–H and O–H groups in total. The Balaban J connectivity index is 0.00000225. The number of hydrogen-bond donors (Lipinski definition) is 2. The molecule has 0 aromatic heterocycles. The summed E-state index contributed by atoms with van der Waals surface area (Å²) in [7, 11) is -4.97. The van der Waals surface area contributed by atoms with Crippen LogP contribution in [0.4, 0.5) is 11.4 Å². The van der Waals surface area contributed by atoms with Gasteiger partial charge in [-0.3, -0.25) is 10.1 Å². The van der Waals surface area contributed by atoms with E-state index in [0.29, 0.717) is 6.07 Å². The number of anilines is 1. The molecule has 8 nitrogen and oxygen atoms in total. The average molecular weight is 272 g/mol. The van der Waals surface area contributed by atoms with Crippen LogP contribution in [0.15, 0.2) is 17.0 Å². The fourth-order valence-corrected chi connectivity index (χ4v) is 1.54. The molecule has 0 saturated heterocycles. The summed E-state index contributed by atoms with van der Waals surface area (Å²) in [6.07, 6.45) is 0. The van der Waals surface area contributed by atoms with Crippen molar-refractivity contribution in [2.45, 2.75) is 4.90 Å². The number of benzene rings is 1. The Morgan fingerprint density at radius 1 is 1.38 bits per heavy atom. The normalized spacial score (nSPS) is 10.6. The molecule has 0 amide bonds. The number of nitrogens with two attached hydrogens (primary N) is 1. The third-order valence-electron chi connectivity index (χ3n) is 1.60. The van der Waals surface area contributed by atoms with Gasteiger partial charge in [0.15, 0.2) is 0 Å². The molecule has 0 saturated carbocycles. The predicted octanol–water partition coefficient (Wildman–Crippen LogP) is -3.21. The molecule has 16 heavy (non-hydrogen) atoms. The van der Waals surface area contributed by atoms with Crippen molar-refractivity contribution in [2.24, 2.45) is 0 Å². The van der Waals surface area contributed by atoms with E-state index >= 15 is 0 Å². The van der Waals surface area contributed by atoms with E-state index in [1.807, 2.05) is 0 Å². The summed E-state index contributed by atoms with van der Waals surface area (Å²) in [4.78, 5) is 8.25. The number of nitrogens with zero attached hydrogens (tertiary/aromatic N) is 1. The summed E-state index contributed by atoms with van der Waals surface area (Å²) in [6, 6.07) is 1.57. The van der Waals surface area contributed by atoms with E-state index in [2.05, 4.69) is 0 Å². The third-order valence-corrected chi connectivity index (χ3v) is 2.47. The molecule has 82 valence electrons. The van der Waals surface area contributed by atoms with Crippen molar-refractivity contribution in [3.8, 4) is 5.75 Å². The van der Waals surface area contributed by atoms with Crippen molar-refractivity contribution >= 4 is 21.5 Å². The number of hydrogen-bond acceptors (Lipinski definition) is 7. The molecule has 10 heteroatoms. The summed E-state index contributed by atoms with van der Waals surface area (Å²) in [5.41, 5.74) is 3.72. The van der Waals surface area contributed by atoms with E-state index in [1.54, 1.807) is 0 Å². The zero-order valence-corrected chi connectivity index (χ0v) is 12.0. The van der Waals surface area contributed by atoms with Gasteiger partial charge in [-0.1, -0.05) is 0 Å². The molecule has 0 radical (unpaired) electrons. The van der Waals surface area contributed by atoms with E-state index < -0.39 is 37.1 Å². The number of phenols is 1. The number of nitrogen functional groups attached to an aromatic ring is 1. The first-order chi connectivity index (χ1) is 6.75. The van der Waals surface area contributed by atoms with Gasteiger partial charge in [0.2, 0.25) is 5.75 Å². The van der Waals surface area contributed by atoms with E-state index in [9.17, 15) is 28.2 Å². The van der Waals surface area contributed by atoms with Gasteiger partial charge in [-0.15, -0.1) is 0 Å². The molecule has 0 fully saturated rings. The smallest absolute Gasteiger partial charge is 0.744 e. The maximum Gasteiger partial charge on any atom is 1.00 e. The van der Waals surface area contributed by atoms with E-state index in [4.69, 9.17) is 5.73 Å². The maximum absolute atomic E-state index is 10.6. The minimum atomic E-state index is -4.97. The minimum Gasteiger partial charge on any atom is -0.744 e. The van der Waals surface area contributed by atoms with Gasteiger partial charge in [0, 0.05) is 0 Å². The van der Waals surface area contributed by atoms with Gasteiger partial charge >= 0.3 is 57.1 Å². The summed E-state index contributed by atoms with van der Waals surface area (Å²) >= 11 is 0. The topological polar surface area (TPSA) is 147 Å². The van der Waals surface area contributed by atoms with Crippen LogP contribution in [-0.2, 0) is 10.1 Å². The second kappa shape index (κ2) is 5.40. The Morgan fingerprint density at radius 2 is 1.88 bits per heavy atom. The maximum atomic E-state index is 10.6. The molecule has 0 bridgehead atoms. The van der Waals surface area contributed by atoms with Crippen molar-refractivity contribution in [3.05, 3.63) is 22.2 Å².